The molecule has 0 N–H and O–H groups in total. The molecule has 4 nitrogen and oxygen atoms in total. The first-order valence-electron chi connectivity index (χ1n) is 7.39. The Morgan fingerprint density at radius 3 is 3.00 bits per heavy atom. The third-order valence-electron chi connectivity index (χ3n) is 3.29. The molecule has 1 aromatic carbocycles. The molecule has 0 aromatic heterocycles. The monoisotopic (exact) mass is 338 g/mol. The van der Waals surface area contributed by atoms with Gasteiger partial charge in [-0.2, -0.15) is 0 Å². The Hall–Kier alpha value is -1.14. The lowest BCUT2D eigenvalue weighted by atomic mass is 10.2. The van der Waals surface area contributed by atoms with Crippen LogP contribution in [-0.4, -0.2) is 40.5 Å². The van der Waals surface area contributed by atoms with Crippen molar-refractivity contribution in [1.29, 1.82) is 0 Å². The van der Waals surface area contributed by atoms with E-state index < -0.39 is 0 Å². The van der Waals surface area contributed by atoms with Crippen molar-refractivity contribution in [3.05, 3.63) is 29.8 Å². The van der Waals surface area contributed by atoms with Gasteiger partial charge in [0.05, 0.1) is 13.7 Å². The fraction of sp³-hybridized carbons (Fsp3) is 0.500. The highest BCUT2D eigenvalue weighted by atomic mass is 32.2. The van der Waals surface area contributed by atoms with Crippen LogP contribution in [0.2, 0.25) is 0 Å². The lowest BCUT2D eigenvalue weighted by molar-refractivity contribution is 0.240. The lowest BCUT2D eigenvalue weighted by Gasteiger charge is -2.31. The number of carbonyl (C=O) groups excluding carboxylic acids is 1. The van der Waals surface area contributed by atoms with Crippen molar-refractivity contribution in [3.8, 4) is 5.75 Å². The molecule has 6 heteroatoms. The summed E-state index contributed by atoms with van der Waals surface area (Å²) in [4.78, 5) is 18.8. The van der Waals surface area contributed by atoms with E-state index in [4.69, 9.17) is 4.74 Å². The van der Waals surface area contributed by atoms with E-state index in [0.717, 1.165) is 34.5 Å². The van der Waals surface area contributed by atoms with E-state index >= 15 is 0 Å². The first kappa shape index (κ1) is 17.2. The first-order chi connectivity index (χ1) is 10.7. The zero-order chi connectivity index (χ0) is 15.9. The Morgan fingerprint density at radius 2 is 2.27 bits per heavy atom. The highest BCUT2D eigenvalue weighted by Gasteiger charge is 2.27. The zero-order valence-electron chi connectivity index (χ0n) is 13.2. The molecule has 1 aliphatic heterocycles. The van der Waals surface area contributed by atoms with Crippen LogP contribution in [0.3, 0.4) is 0 Å². The maximum atomic E-state index is 12.3. The van der Waals surface area contributed by atoms with Crippen LogP contribution in [0.4, 0.5) is 4.79 Å². The van der Waals surface area contributed by atoms with E-state index in [2.05, 4.69) is 11.9 Å². The molecule has 0 bridgehead atoms. The summed E-state index contributed by atoms with van der Waals surface area (Å²) in [7, 11) is 1.66. The van der Waals surface area contributed by atoms with Crippen molar-refractivity contribution in [1.82, 2.24) is 4.90 Å². The summed E-state index contributed by atoms with van der Waals surface area (Å²) >= 11 is 3.01. The van der Waals surface area contributed by atoms with Gasteiger partial charge in [0.15, 0.2) is 5.17 Å². The number of thioether (sulfide) groups is 2. The van der Waals surface area contributed by atoms with E-state index in [1.165, 1.54) is 11.8 Å². The number of hydrogen-bond acceptors (Lipinski definition) is 5. The van der Waals surface area contributed by atoms with Crippen LogP contribution in [0.15, 0.2) is 29.3 Å². The summed E-state index contributed by atoms with van der Waals surface area (Å²) in [5.74, 6) is 3.12. The van der Waals surface area contributed by atoms with Gasteiger partial charge in [-0.3, -0.25) is 14.7 Å². The Labute approximate surface area is 140 Å². The van der Waals surface area contributed by atoms with Crippen LogP contribution in [0.1, 0.15) is 19.4 Å². The summed E-state index contributed by atoms with van der Waals surface area (Å²) in [6.45, 7) is 5.44. The Balaban J connectivity index is 2.14. The van der Waals surface area contributed by atoms with Crippen LogP contribution in [0.25, 0.3) is 0 Å². The zero-order valence-corrected chi connectivity index (χ0v) is 14.9. The lowest BCUT2D eigenvalue weighted by Crippen LogP contribution is -2.40. The second kappa shape index (κ2) is 8.48. The maximum Gasteiger partial charge on any atom is 0.287 e. The number of ether oxygens (including phenoxy) is 1. The average Bonchev–Trinajstić information content (AvgIpc) is 2.54. The number of amidine groups is 1. The second-order valence-corrected chi connectivity index (χ2v) is 7.34. The van der Waals surface area contributed by atoms with E-state index in [9.17, 15) is 4.79 Å². The molecule has 1 atom stereocenters. The average molecular weight is 338 g/mol. The largest absolute Gasteiger partial charge is 0.496 e. The van der Waals surface area contributed by atoms with Gasteiger partial charge in [-0.15, -0.1) is 0 Å². The van der Waals surface area contributed by atoms with Crippen LogP contribution < -0.4 is 4.74 Å². The number of benzene rings is 1. The minimum atomic E-state index is 0.0975. The molecule has 1 aliphatic rings. The van der Waals surface area contributed by atoms with Gasteiger partial charge in [0.1, 0.15) is 5.75 Å². The minimum absolute atomic E-state index is 0.0975. The van der Waals surface area contributed by atoms with Gasteiger partial charge in [0.2, 0.25) is 0 Å². The topological polar surface area (TPSA) is 41.9 Å². The predicted molar refractivity (Wildman–Crippen MR) is 96.0 cm³/mol. The number of carbonyl (C=O) groups is 1. The summed E-state index contributed by atoms with van der Waals surface area (Å²) in [5, 5.41) is 0.926. The Morgan fingerprint density at radius 1 is 1.50 bits per heavy atom. The molecule has 0 radical (unpaired) electrons. The van der Waals surface area contributed by atoms with Crippen molar-refractivity contribution < 1.29 is 9.53 Å². The normalized spacial score (nSPS) is 20.2. The van der Waals surface area contributed by atoms with Crippen LogP contribution in [0, 0.1) is 5.92 Å². The molecule has 0 spiro atoms. The number of hydrogen-bond donors (Lipinski definition) is 0. The molecule has 1 aromatic rings. The number of nitrogens with zero attached hydrogens (tertiary/aromatic N) is 2. The molecule has 2 rings (SSSR count). The first-order valence-corrected chi connectivity index (χ1v) is 9.36. The van der Waals surface area contributed by atoms with Crippen molar-refractivity contribution >= 4 is 33.9 Å². The number of rotatable bonds is 4. The van der Waals surface area contributed by atoms with Gasteiger partial charge >= 0.3 is 0 Å². The Kier molecular flexibility index (Phi) is 6.64. The van der Waals surface area contributed by atoms with Gasteiger partial charge in [-0.05, 0) is 17.7 Å². The van der Waals surface area contributed by atoms with Crippen LogP contribution >= 0.6 is 23.5 Å². The molecule has 120 valence electrons. The fourth-order valence-electron chi connectivity index (χ4n) is 2.21. The molecule has 22 heavy (non-hydrogen) atoms. The van der Waals surface area contributed by atoms with E-state index in [1.54, 1.807) is 18.9 Å². The molecular weight excluding hydrogens is 316 g/mol. The third kappa shape index (κ3) is 4.43. The SMILES string of the molecule is CCSC(=O)N1CC(C)CSC1=NCc1ccccc1OC. The van der Waals surface area contributed by atoms with E-state index in [1.807, 2.05) is 36.1 Å². The predicted octanol–water partition coefficient (Wildman–Crippen LogP) is 4.11. The molecule has 1 heterocycles. The summed E-state index contributed by atoms with van der Waals surface area (Å²) < 4.78 is 5.35. The fourth-order valence-corrected chi connectivity index (χ4v) is 3.84. The highest BCUT2D eigenvalue weighted by molar-refractivity contribution is 8.15. The number of aliphatic imine (C=N–C) groups is 1. The van der Waals surface area contributed by atoms with Crippen molar-refractivity contribution in [2.24, 2.45) is 10.9 Å². The number of para-hydroxylation sites is 1. The maximum absolute atomic E-state index is 12.3. The number of methoxy groups -OCH3 is 1. The molecule has 1 unspecified atom stereocenters. The van der Waals surface area contributed by atoms with Crippen molar-refractivity contribution in [2.45, 2.75) is 20.4 Å². The number of amides is 1. The molecule has 0 saturated carbocycles. The Bertz CT molecular complexity index is 549. The quantitative estimate of drug-likeness (QED) is 0.828. The van der Waals surface area contributed by atoms with Crippen LogP contribution in [0.5, 0.6) is 5.75 Å². The minimum Gasteiger partial charge on any atom is -0.496 e. The standard InChI is InChI=1S/C16H22N2O2S2/c1-4-21-16(19)18-10-12(2)11-22-15(18)17-9-13-7-5-6-8-14(13)20-3/h5-8,12H,4,9-11H2,1-3H3. The molecule has 1 amide bonds. The molecule has 1 saturated heterocycles. The van der Waals surface area contributed by atoms with Gasteiger partial charge in [0, 0.05) is 17.9 Å². The third-order valence-corrected chi connectivity index (χ3v) is 5.39. The summed E-state index contributed by atoms with van der Waals surface area (Å²) in [6.07, 6.45) is 0. The van der Waals surface area contributed by atoms with Crippen molar-refractivity contribution in [3.63, 3.8) is 0 Å². The van der Waals surface area contributed by atoms with Gasteiger partial charge in [0.25, 0.3) is 5.24 Å². The molecule has 0 aliphatic carbocycles. The van der Waals surface area contributed by atoms with Crippen LogP contribution in [-0.2, 0) is 6.54 Å². The molecule has 1 fully saturated rings. The van der Waals surface area contributed by atoms with Gasteiger partial charge < -0.3 is 4.74 Å². The smallest absolute Gasteiger partial charge is 0.287 e. The van der Waals surface area contributed by atoms with E-state index in [-0.39, 0.29) is 5.24 Å². The van der Waals surface area contributed by atoms with Crippen molar-refractivity contribution in [2.75, 3.05) is 25.2 Å². The summed E-state index contributed by atoms with van der Waals surface area (Å²) in [5.41, 5.74) is 1.03. The summed E-state index contributed by atoms with van der Waals surface area (Å²) in [6, 6.07) is 7.86. The highest BCUT2D eigenvalue weighted by Crippen LogP contribution is 2.26. The van der Waals surface area contributed by atoms with E-state index in [0.29, 0.717) is 12.5 Å². The second-order valence-electron chi connectivity index (χ2n) is 5.14. The molecular formula is C16H22N2O2S2. The van der Waals surface area contributed by atoms with Gasteiger partial charge in [-0.25, -0.2) is 0 Å². The van der Waals surface area contributed by atoms with Gasteiger partial charge in [-0.1, -0.05) is 55.6 Å².